The van der Waals surface area contributed by atoms with Crippen LogP contribution in [0.1, 0.15) is 11.1 Å². The SMILES string of the molecule is COc1ccc(C#CCN)c(CSc2nccn2C)c1. The minimum atomic E-state index is 0.359. The molecule has 0 aliphatic carbocycles. The molecule has 4 nitrogen and oxygen atoms in total. The van der Waals surface area contributed by atoms with Crippen LogP contribution in [-0.2, 0) is 12.8 Å². The monoisotopic (exact) mass is 287 g/mol. The molecule has 1 heterocycles. The molecule has 0 aliphatic rings. The zero-order valence-electron chi connectivity index (χ0n) is 11.6. The van der Waals surface area contributed by atoms with Gasteiger partial charge in [-0.25, -0.2) is 4.98 Å². The maximum absolute atomic E-state index is 5.44. The predicted octanol–water partition coefficient (Wildman–Crippen LogP) is 2.03. The number of aryl methyl sites for hydroxylation is 1. The number of rotatable bonds is 4. The molecule has 0 fully saturated rings. The van der Waals surface area contributed by atoms with Crippen molar-refractivity contribution in [3.8, 4) is 17.6 Å². The predicted molar refractivity (Wildman–Crippen MR) is 81.7 cm³/mol. The number of aromatic nitrogens is 2. The number of thioether (sulfide) groups is 1. The van der Waals surface area contributed by atoms with Gasteiger partial charge in [-0.2, -0.15) is 0 Å². The molecule has 0 atom stereocenters. The van der Waals surface area contributed by atoms with Gasteiger partial charge in [0.2, 0.25) is 0 Å². The second kappa shape index (κ2) is 7.04. The van der Waals surface area contributed by atoms with Gasteiger partial charge in [0.25, 0.3) is 0 Å². The summed E-state index contributed by atoms with van der Waals surface area (Å²) < 4.78 is 7.27. The van der Waals surface area contributed by atoms with Crippen LogP contribution in [-0.4, -0.2) is 23.2 Å². The first-order chi connectivity index (χ1) is 9.74. The molecule has 0 bridgehead atoms. The Morgan fingerprint density at radius 2 is 2.30 bits per heavy atom. The topological polar surface area (TPSA) is 53.1 Å². The summed E-state index contributed by atoms with van der Waals surface area (Å²) >= 11 is 1.67. The minimum absolute atomic E-state index is 0.359. The molecule has 0 saturated carbocycles. The number of benzene rings is 1. The second-order valence-electron chi connectivity index (χ2n) is 4.14. The molecule has 0 radical (unpaired) electrons. The van der Waals surface area contributed by atoms with Gasteiger partial charge in [0.1, 0.15) is 5.75 Å². The molecule has 0 aliphatic heterocycles. The molecule has 0 unspecified atom stereocenters. The lowest BCUT2D eigenvalue weighted by atomic mass is 10.1. The van der Waals surface area contributed by atoms with Gasteiger partial charge in [0.05, 0.1) is 13.7 Å². The first-order valence-electron chi connectivity index (χ1n) is 6.20. The van der Waals surface area contributed by atoms with E-state index in [1.165, 1.54) is 0 Å². The molecule has 2 rings (SSSR count). The Kier molecular flexibility index (Phi) is 5.10. The molecule has 0 spiro atoms. The Hall–Kier alpha value is -1.90. The number of nitrogens with two attached hydrogens (primary N) is 1. The Labute approximate surface area is 123 Å². The van der Waals surface area contributed by atoms with E-state index in [1.54, 1.807) is 25.1 Å². The van der Waals surface area contributed by atoms with Crippen molar-refractivity contribution in [3.05, 3.63) is 41.7 Å². The van der Waals surface area contributed by atoms with Crippen molar-refractivity contribution >= 4 is 11.8 Å². The summed E-state index contributed by atoms with van der Waals surface area (Å²) in [6, 6.07) is 5.89. The third kappa shape index (κ3) is 3.56. The van der Waals surface area contributed by atoms with Gasteiger partial charge in [0, 0.05) is 30.8 Å². The standard InChI is InChI=1S/C15H17N3OS/c1-18-9-8-17-15(18)20-11-13-10-14(19-2)6-5-12(13)4-3-7-16/h5-6,8-10H,7,11,16H2,1-2H3. The molecule has 5 heteroatoms. The van der Waals surface area contributed by atoms with Crippen LogP contribution in [0.5, 0.6) is 5.75 Å². The molecule has 2 aromatic rings. The molecule has 0 amide bonds. The van der Waals surface area contributed by atoms with Crippen LogP contribution in [0.15, 0.2) is 35.7 Å². The highest BCUT2D eigenvalue weighted by molar-refractivity contribution is 7.98. The van der Waals surface area contributed by atoms with E-state index < -0.39 is 0 Å². The fraction of sp³-hybridized carbons (Fsp3) is 0.267. The maximum atomic E-state index is 5.44. The minimum Gasteiger partial charge on any atom is -0.497 e. The van der Waals surface area contributed by atoms with Gasteiger partial charge in [-0.05, 0) is 23.8 Å². The quantitative estimate of drug-likeness (QED) is 0.690. The van der Waals surface area contributed by atoms with Crippen molar-refractivity contribution in [2.75, 3.05) is 13.7 Å². The van der Waals surface area contributed by atoms with E-state index >= 15 is 0 Å². The summed E-state index contributed by atoms with van der Waals surface area (Å²) in [4.78, 5) is 4.30. The van der Waals surface area contributed by atoms with E-state index in [-0.39, 0.29) is 0 Å². The van der Waals surface area contributed by atoms with Crippen LogP contribution in [0.2, 0.25) is 0 Å². The van der Waals surface area contributed by atoms with Crippen LogP contribution >= 0.6 is 11.8 Å². The zero-order chi connectivity index (χ0) is 14.4. The fourth-order valence-corrected chi connectivity index (χ4v) is 2.64. The van der Waals surface area contributed by atoms with Gasteiger partial charge in [0.15, 0.2) is 5.16 Å². The van der Waals surface area contributed by atoms with Crippen molar-refractivity contribution < 1.29 is 4.74 Å². The van der Waals surface area contributed by atoms with Gasteiger partial charge >= 0.3 is 0 Å². The van der Waals surface area contributed by atoms with Gasteiger partial charge < -0.3 is 15.0 Å². The normalized spacial score (nSPS) is 9.95. The molecule has 20 heavy (non-hydrogen) atoms. The third-order valence-electron chi connectivity index (χ3n) is 2.77. The Morgan fingerprint density at radius 3 is 2.95 bits per heavy atom. The fourth-order valence-electron chi connectivity index (χ4n) is 1.72. The molecule has 1 aromatic heterocycles. The first-order valence-corrected chi connectivity index (χ1v) is 7.19. The van der Waals surface area contributed by atoms with E-state index in [0.717, 1.165) is 27.8 Å². The lowest BCUT2D eigenvalue weighted by molar-refractivity contribution is 0.414. The number of ether oxygens (including phenoxy) is 1. The maximum Gasteiger partial charge on any atom is 0.167 e. The average Bonchev–Trinajstić information content (AvgIpc) is 2.88. The Morgan fingerprint density at radius 1 is 1.45 bits per heavy atom. The number of methoxy groups -OCH3 is 1. The smallest absolute Gasteiger partial charge is 0.167 e. The number of imidazole rings is 1. The number of nitrogens with zero attached hydrogens (tertiary/aromatic N) is 2. The van der Waals surface area contributed by atoms with E-state index in [1.807, 2.05) is 36.0 Å². The van der Waals surface area contributed by atoms with Gasteiger partial charge in [-0.3, -0.25) is 0 Å². The summed E-state index contributed by atoms with van der Waals surface area (Å²) in [5.41, 5.74) is 7.54. The summed E-state index contributed by atoms with van der Waals surface area (Å²) in [6.45, 7) is 0.359. The zero-order valence-corrected chi connectivity index (χ0v) is 12.4. The molecule has 104 valence electrons. The van der Waals surface area contributed by atoms with Gasteiger partial charge in [-0.1, -0.05) is 23.6 Å². The summed E-state index contributed by atoms with van der Waals surface area (Å²) in [5, 5.41) is 0.977. The van der Waals surface area contributed by atoms with Crippen molar-refractivity contribution in [1.29, 1.82) is 0 Å². The van der Waals surface area contributed by atoms with Crippen LogP contribution < -0.4 is 10.5 Å². The molecular formula is C15H17N3OS. The third-order valence-corrected chi connectivity index (χ3v) is 3.88. The first kappa shape index (κ1) is 14.5. The second-order valence-corrected chi connectivity index (χ2v) is 5.08. The van der Waals surface area contributed by atoms with Crippen LogP contribution in [0, 0.1) is 11.8 Å². The molecule has 2 N–H and O–H groups in total. The summed E-state index contributed by atoms with van der Waals surface area (Å²) in [5.74, 6) is 7.61. The van der Waals surface area contributed by atoms with Crippen molar-refractivity contribution in [2.24, 2.45) is 12.8 Å². The van der Waals surface area contributed by atoms with Crippen molar-refractivity contribution in [3.63, 3.8) is 0 Å². The van der Waals surface area contributed by atoms with E-state index in [2.05, 4.69) is 16.8 Å². The highest BCUT2D eigenvalue weighted by Gasteiger charge is 2.06. The molecule has 0 saturated heterocycles. The lowest BCUT2D eigenvalue weighted by Crippen LogP contribution is -1.96. The van der Waals surface area contributed by atoms with Crippen LogP contribution in [0.3, 0.4) is 0 Å². The Balaban J connectivity index is 2.21. The largest absolute Gasteiger partial charge is 0.497 e. The lowest BCUT2D eigenvalue weighted by Gasteiger charge is -2.07. The van der Waals surface area contributed by atoms with Crippen molar-refractivity contribution in [2.45, 2.75) is 10.9 Å². The highest BCUT2D eigenvalue weighted by atomic mass is 32.2. The van der Waals surface area contributed by atoms with E-state index in [9.17, 15) is 0 Å². The summed E-state index contributed by atoms with van der Waals surface area (Å²) in [7, 11) is 3.65. The highest BCUT2D eigenvalue weighted by Crippen LogP contribution is 2.25. The van der Waals surface area contributed by atoms with Gasteiger partial charge in [-0.15, -0.1) is 0 Å². The number of hydrogen-bond acceptors (Lipinski definition) is 4. The summed E-state index contributed by atoms with van der Waals surface area (Å²) in [6.07, 6.45) is 3.73. The van der Waals surface area contributed by atoms with Crippen LogP contribution in [0.4, 0.5) is 0 Å². The number of hydrogen-bond donors (Lipinski definition) is 1. The molecular weight excluding hydrogens is 270 g/mol. The van der Waals surface area contributed by atoms with Crippen molar-refractivity contribution in [1.82, 2.24) is 9.55 Å². The average molecular weight is 287 g/mol. The van der Waals surface area contributed by atoms with E-state index in [4.69, 9.17) is 10.5 Å². The van der Waals surface area contributed by atoms with E-state index in [0.29, 0.717) is 6.54 Å². The molecule has 1 aromatic carbocycles. The Bertz CT molecular complexity index is 640. The van der Waals surface area contributed by atoms with Crippen LogP contribution in [0.25, 0.3) is 0 Å².